The van der Waals surface area contributed by atoms with Crippen LogP contribution in [0, 0.1) is 17.3 Å². The van der Waals surface area contributed by atoms with E-state index in [9.17, 15) is 14.4 Å². The first-order valence-electron chi connectivity index (χ1n) is 24.4. The molecule has 7 unspecified atom stereocenters. The fourth-order valence-corrected chi connectivity index (χ4v) is 10.1. The molecule has 7 atom stereocenters. The number of amides is 2. The fourth-order valence-electron chi connectivity index (χ4n) is 8.28. The van der Waals surface area contributed by atoms with Gasteiger partial charge in [0.25, 0.3) is 8.53 Å². The van der Waals surface area contributed by atoms with Gasteiger partial charge in [0.05, 0.1) is 84.6 Å². The average molecular weight is 998 g/mol. The standard InChI is InChI=1S/C53H80N3O13P/c1-13-28-67-70(56(37(2)3)38(4)5)68-36-52(10,35-66-53(43-17-15-14-16-18-43,44-19-23-46(60-11)24-20-44)45-21-25-47(61-12)26-22-45)51(59)54-27-29-62-30-31-63-32-33-64-50-49(55-41(8)57)40(7)39(6)48(69-50)34-65-42(9)58/h14-26,37-40,48-50H,13,27-36H2,1-12H3,(H,54,59)(H,55,57). The summed E-state index contributed by atoms with van der Waals surface area (Å²) in [5.41, 5.74) is 0.124. The largest absolute Gasteiger partial charge is 0.497 e. The topological polar surface area (TPSA) is 171 Å². The highest BCUT2D eigenvalue weighted by Crippen LogP contribution is 2.48. The molecule has 2 N–H and O–H groups in total. The number of esters is 1. The van der Waals surface area contributed by atoms with Crippen LogP contribution in [0.2, 0.25) is 0 Å². The number of methoxy groups -OCH3 is 2. The van der Waals surface area contributed by atoms with Gasteiger partial charge in [0.15, 0.2) is 6.29 Å². The number of hydrogen-bond donors (Lipinski definition) is 2. The molecule has 3 aromatic rings. The molecule has 1 aliphatic heterocycles. The van der Waals surface area contributed by atoms with Gasteiger partial charge in [-0.1, -0.05) is 75.4 Å². The van der Waals surface area contributed by atoms with E-state index < -0.39 is 31.8 Å². The molecule has 3 aromatic carbocycles. The molecule has 2 amide bonds. The first kappa shape index (κ1) is 58.4. The molecule has 0 aliphatic carbocycles. The van der Waals surface area contributed by atoms with Gasteiger partial charge in [-0.05, 0) is 93.8 Å². The van der Waals surface area contributed by atoms with E-state index in [-0.39, 0.29) is 107 Å². The Morgan fingerprint density at radius 3 is 1.81 bits per heavy atom. The van der Waals surface area contributed by atoms with Gasteiger partial charge in [-0.15, -0.1) is 0 Å². The van der Waals surface area contributed by atoms with Crippen LogP contribution in [-0.4, -0.2) is 133 Å². The van der Waals surface area contributed by atoms with Crippen molar-refractivity contribution in [2.45, 2.75) is 112 Å². The van der Waals surface area contributed by atoms with Crippen LogP contribution in [0.3, 0.4) is 0 Å². The summed E-state index contributed by atoms with van der Waals surface area (Å²) < 4.78 is 62.9. The summed E-state index contributed by atoms with van der Waals surface area (Å²) in [6.45, 7) is 21.2. The van der Waals surface area contributed by atoms with E-state index in [1.807, 2.05) is 99.6 Å². The van der Waals surface area contributed by atoms with Crippen molar-refractivity contribution in [3.8, 4) is 11.5 Å². The number of benzene rings is 3. The van der Waals surface area contributed by atoms with Crippen molar-refractivity contribution < 1.29 is 61.3 Å². The first-order chi connectivity index (χ1) is 33.5. The maximum absolute atomic E-state index is 14.7. The second-order valence-corrected chi connectivity index (χ2v) is 19.9. The zero-order chi connectivity index (χ0) is 51.3. The number of rotatable bonds is 31. The number of ether oxygens (including phenoxy) is 8. The van der Waals surface area contributed by atoms with Crippen LogP contribution < -0.4 is 20.1 Å². The Morgan fingerprint density at radius 1 is 0.729 bits per heavy atom. The van der Waals surface area contributed by atoms with Crippen molar-refractivity contribution in [2.24, 2.45) is 17.3 Å². The molecule has 1 aliphatic rings. The van der Waals surface area contributed by atoms with Crippen LogP contribution in [0.4, 0.5) is 0 Å². The lowest BCUT2D eigenvalue weighted by Gasteiger charge is -2.44. The van der Waals surface area contributed by atoms with Gasteiger partial charge >= 0.3 is 5.97 Å². The van der Waals surface area contributed by atoms with E-state index in [1.165, 1.54) is 13.8 Å². The zero-order valence-corrected chi connectivity index (χ0v) is 44.4. The second kappa shape index (κ2) is 29.3. The van der Waals surface area contributed by atoms with Crippen molar-refractivity contribution >= 4 is 26.3 Å². The van der Waals surface area contributed by atoms with Crippen molar-refractivity contribution in [2.75, 3.05) is 80.2 Å². The summed E-state index contributed by atoms with van der Waals surface area (Å²) in [4.78, 5) is 38.2. The van der Waals surface area contributed by atoms with Crippen molar-refractivity contribution in [1.82, 2.24) is 15.3 Å². The third-order valence-electron chi connectivity index (χ3n) is 12.3. The minimum Gasteiger partial charge on any atom is -0.497 e. The minimum absolute atomic E-state index is 0.000695. The normalized spacial score (nSPS) is 19.7. The molecule has 70 heavy (non-hydrogen) atoms. The lowest BCUT2D eigenvalue weighted by molar-refractivity contribution is -0.247. The maximum atomic E-state index is 14.7. The third-order valence-corrected chi connectivity index (χ3v) is 14.3. The van der Waals surface area contributed by atoms with Crippen LogP contribution in [0.1, 0.15) is 92.3 Å². The molecule has 0 aromatic heterocycles. The molecular formula is C53H80N3O13P. The predicted molar refractivity (Wildman–Crippen MR) is 269 cm³/mol. The summed E-state index contributed by atoms with van der Waals surface area (Å²) in [7, 11) is 1.72. The second-order valence-electron chi connectivity index (χ2n) is 18.4. The van der Waals surface area contributed by atoms with Gasteiger partial charge in [-0.3, -0.25) is 14.4 Å². The highest BCUT2D eigenvalue weighted by molar-refractivity contribution is 7.44. The highest BCUT2D eigenvalue weighted by Gasteiger charge is 2.45. The first-order valence-corrected chi connectivity index (χ1v) is 25.6. The van der Waals surface area contributed by atoms with Gasteiger partial charge in [0.1, 0.15) is 23.7 Å². The van der Waals surface area contributed by atoms with Gasteiger partial charge < -0.3 is 57.6 Å². The van der Waals surface area contributed by atoms with Crippen LogP contribution in [0.15, 0.2) is 78.9 Å². The number of carbonyl (C=O) groups is 3. The summed E-state index contributed by atoms with van der Waals surface area (Å²) in [6.07, 6.45) is -0.328. The Hall–Kier alpha value is -4.22. The van der Waals surface area contributed by atoms with E-state index in [0.29, 0.717) is 18.1 Å². The average Bonchev–Trinajstić information content (AvgIpc) is 3.34. The molecule has 17 heteroatoms. The quantitative estimate of drug-likeness (QED) is 0.0275. The Balaban J connectivity index is 1.48. The molecule has 16 nitrogen and oxygen atoms in total. The maximum Gasteiger partial charge on any atom is 0.302 e. The van der Waals surface area contributed by atoms with E-state index >= 15 is 0 Å². The molecule has 0 saturated carbocycles. The molecule has 0 radical (unpaired) electrons. The van der Waals surface area contributed by atoms with E-state index in [4.69, 9.17) is 46.9 Å². The lowest BCUT2D eigenvalue weighted by atomic mass is 9.79. The Labute approximate surface area is 418 Å². The molecule has 1 saturated heterocycles. The van der Waals surface area contributed by atoms with Gasteiger partial charge in [-0.25, -0.2) is 4.67 Å². The number of hydrogen-bond acceptors (Lipinski definition) is 14. The Bertz CT molecular complexity index is 1940. The predicted octanol–water partition coefficient (Wildman–Crippen LogP) is 8.04. The van der Waals surface area contributed by atoms with Crippen LogP contribution >= 0.6 is 8.53 Å². The number of carbonyl (C=O) groups excluding carboxylic acids is 3. The van der Waals surface area contributed by atoms with Crippen LogP contribution in [-0.2, 0) is 57.5 Å². The number of nitrogens with one attached hydrogen (secondary N) is 2. The van der Waals surface area contributed by atoms with Crippen molar-refractivity contribution in [3.63, 3.8) is 0 Å². The van der Waals surface area contributed by atoms with Crippen molar-refractivity contribution in [1.29, 1.82) is 0 Å². The fraction of sp³-hybridized carbons (Fsp3) is 0.604. The Morgan fingerprint density at radius 2 is 1.29 bits per heavy atom. The smallest absolute Gasteiger partial charge is 0.302 e. The Kier molecular flexibility index (Phi) is 24.5. The van der Waals surface area contributed by atoms with Crippen LogP contribution in [0.5, 0.6) is 11.5 Å². The zero-order valence-electron chi connectivity index (χ0n) is 43.5. The van der Waals surface area contributed by atoms with Gasteiger partial charge in [0, 0.05) is 32.5 Å². The molecular weight excluding hydrogens is 918 g/mol. The molecule has 0 bridgehead atoms. The van der Waals surface area contributed by atoms with Gasteiger partial charge in [0.2, 0.25) is 11.8 Å². The summed E-state index contributed by atoms with van der Waals surface area (Å²) in [5.74, 6) is 0.529. The van der Waals surface area contributed by atoms with Crippen LogP contribution in [0.25, 0.3) is 0 Å². The van der Waals surface area contributed by atoms with Gasteiger partial charge in [-0.2, -0.15) is 0 Å². The molecule has 1 heterocycles. The SMILES string of the molecule is CCCOP(OCC(C)(COC(c1ccccc1)(c1ccc(OC)cc1)c1ccc(OC)cc1)C(=O)NCCOCCOCCOC1OC(COC(C)=O)C(C)C(C)C1NC(C)=O)N(C(C)C)C(C)C. The van der Waals surface area contributed by atoms with E-state index in [0.717, 1.165) is 23.1 Å². The molecule has 0 spiro atoms. The molecule has 4 rings (SSSR count). The monoisotopic (exact) mass is 998 g/mol. The molecule has 1 fully saturated rings. The lowest BCUT2D eigenvalue weighted by Crippen LogP contribution is -2.58. The third kappa shape index (κ3) is 16.7. The summed E-state index contributed by atoms with van der Waals surface area (Å²) >= 11 is 0. The molecule has 390 valence electrons. The minimum atomic E-state index is -1.54. The summed E-state index contributed by atoms with van der Waals surface area (Å²) in [5, 5.41) is 6.06. The van der Waals surface area contributed by atoms with Crippen molar-refractivity contribution in [3.05, 3.63) is 95.6 Å². The van der Waals surface area contributed by atoms with E-state index in [1.54, 1.807) is 14.2 Å². The van der Waals surface area contributed by atoms with E-state index in [2.05, 4.69) is 49.9 Å². The summed E-state index contributed by atoms with van der Waals surface area (Å²) in [6, 6.07) is 25.4. The highest BCUT2D eigenvalue weighted by atomic mass is 31.2. The number of nitrogens with zero attached hydrogens (tertiary/aromatic N) is 1.